The number of anilines is 1. The summed E-state index contributed by atoms with van der Waals surface area (Å²) in [5.41, 5.74) is 6.53. The second kappa shape index (κ2) is 11.2. The van der Waals surface area contributed by atoms with Gasteiger partial charge in [-0.1, -0.05) is 17.7 Å². The molecule has 3 heterocycles. The van der Waals surface area contributed by atoms with Crippen molar-refractivity contribution in [2.75, 3.05) is 32.0 Å². The summed E-state index contributed by atoms with van der Waals surface area (Å²) in [5.74, 6) is -2.52. The van der Waals surface area contributed by atoms with E-state index in [1.165, 1.54) is 29.2 Å². The zero-order valence-corrected chi connectivity index (χ0v) is 21.3. The average Bonchev–Trinajstić information content (AvgIpc) is 3.37. The van der Waals surface area contributed by atoms with Gasteiger partial charge in [-0.3, -0.25) is 9.59 Å². The summed E-state index contributed by atoms with van der Waals surface area (Å²) < 4.78 is 41.1. The van der Waals surface area contributed by atoms with Crippen molar-refractivity contribution in [3.05, 3.63) is 88.3 Å². The van der Waals surface area contributed by atoms with Crippen LogP contribution >= 0.6 is 11.6 Å². The number of nitrogen functional groups attached to an aromatic ring is 1. The normalized spacial score (nSPS) is 13.8. The maximum Gasteiger partial charge on any atom is 0.257 e. The Morgan fingerprint density at radius 1 is 1.10 bits per heavy atom. The van der Waals surface area contributed by atoms with E-state index in [0.717, 1.165) is 0 Å². The molecule has 200 valence electrons. The number of fused-ring (bicyclic) bond motifs is 1. The molecule has 4 aromatic rings. The van der Waals surface area contributed by atoms with Crippen LogP contribution in [0.4, 0.5) is 14.6 Å². The largest absolute Gasteiger partial charge is 0.458 e. The van der Waals surface area contributed by atoms with Gasteiger partial charge in [-0.2, -0.15) is 0 Å². The van der Waals surface area contributed by atoms with E-state index in [1.54, 1.807) is 36.5 Å². The number of amides is 2. The first-order valence-corrected chi connectivity index (χ1v) is 12.4. The summed E-state index contributed by atoms with van der Waals surface area (Å²) in [6.45, 7) is 1.40. The van der Waals surface area contributed by atoms with Crippen LogP contribution in [0, 0.1) is 11.6 Å². The van der Waals surface area contributed by atoms with E-state index in [1.807, 2.05) is 0 Å². The summed E-state index contributed by atoms with van der Waals surface area (Å²) in [5, 5.41) is 3.43. The highest BCUT2D eigenvalue weighted by molar-refractivity contribution is 6.35. The van der Waals surface area contributed by atoms with Crippen LogP contribution < -0.4 is 11.1 Å². The number of ether oxygens (including phenoxy) is 1. The van der Waals surface area contributed by atoms with Crippen LogP contribution in [-0.4, -0.2) is 48.0 Å². The second-order valence-corrected chi connectivity index (χ2v) is 9.26. The van der Waals surface area contributed by atoms with Gasteiger partial charge in [0, 0.05) is 36.3 Å². The van der Waals surface area contributed by atoms with Crippen LogP contribution in [0.25, 0.3) is 28.2 Å². The van der Waals surface area contributed by atoms with Crippen molar-refractivity contribution in [2.24, 2.45) is 0 Å². The first kappa shape index (κ1) is 26.3. The fourth-order valence-corrected chi connectivity index (χ4v) is 4.47. The summed E-state index contributed by atoms with van der Waals surface area (Å²) in [6, 6.07) is 10.7. The van der Waals surface area contributed by atoms with Crippen molar-refractivity contribution in [2.45, 2.75) is 6.54 Å². The van der Waals surface area contributed by atoms with E-state index < -0.39 is 17.5 Å². The number of carbonyl (C=O) groups is 2. The maximum atomic E-state index is 15.1. The number of hydrogen-bond donors (Lipinski definition) is 2. The van der Waals surface area contributed by atoms with Crippen LogP contribution in [-0.2, 0) is 16.1 Å². The van der Waals surface area contributed by atoms with Crippen molar-refractivity contribution in [1.29, 1.82) is 0 Å². The van der Waals surface area contributed by atoms with Gasteiger partial charge in [-0.25, -0.2) is 13.8 Å². The zero-order valence-electron chi connectivity index (χ0n) is 20.5. The van der Waals surface area contributed by atoms with Gasteiger partial charge in [0.15, 0.2) is 17.2 Å². The molecular formula is C28H23ClF2N4O4. The van der Waals surface area contributed by atoms with E-state index >= 15 is 4.39 Å². The number of pyridine rings is 1. The van der Waals surface area contributed by atoms with E-state index in [4.69, 9.17) is 26.5 Å². The first-order valence-electron chi connectivity index (χ1n) is 12.0. The maximum absolute atomic E-state index is 15.1. The highest BCUT2D eigenvalue weighted by Gasteiger charge is 2.25. The second-order valence-electron chi connectivity index (χ2n) is 8.85. The molecule has 0 radical (unpaired) electrons. The molecule has 1 fully saturated rings. The number of furan rings is 1. The van der Waals surface area contributed by atoms with E-state index in [0.29, 0.717) is 60.0 Å². The Labute approximate surface area is 227 Å². The number of nitrogens with two attached hydrogens (primary N) is 1. The van der Waals surface area contributed by atoms with Crippen molar-refractivity contribution in [1.82, 2.24) is 15.2 Å². The molecule has 3 N–H and O–H groups in total. The molecule has 0 spiro atoms. The average molecular weight is 553 g/mol. The quantitative estimate of drug-likeness (QED) is 0.332. The van der Waals surface area contributed by atoms with Gasteiger partial charge in [0.1, 0.15) is 11.6 Å². The third-order valence-corrected chi connectivity index (χ3v) is 6.50. The number of hydrogen-bond acceptors (Lipinski definition) is 6. The molecule has 0 aliphatic carbocycles. The van der Waals surface area contributed by atoms with Gasteiger partial charge in [-0.15, -0.1) is 0 Å². The Hall–Kier alpha value is -4.28. The minimum Gasteiger partial charge on any atom is -0.458 e. The molecule has 0 bridgehead atoms. The lowest BCUT2D eigenvalue weighted by atomic mass is 10.0. The van der Waals surface area contributed by atoms with Crippen LogP contribution in [0.2, 0.25) is 5.02 Å². The van der Waals surface area contributed by atoms with Crippen molar-refractivity contribution in [3.8, 4) is 11.1 Å². The number of nitrogens with zero attached hydrogens (tertiary/aromatic N) is 2. The Morgan fingerprint density at radius 3 is 2.64 bits per heavy atom. The summed E-state index contributed by atoms with van der Waals surface area (Å²) in [6.07, 6.45) is 4.49. The SMILES string of the molecule is Nc1ccc(/C=C/C(=O)NCc2cc3cc(-c4ccc(C(=O)N5CCOCC5)c(F)c4F)cc(Cl)c3o2)cn1. The number of nitrogens with one attached hydrogen (secondary N) is 1. The number of aromatic nitrogens is 1. The van der Waals surface area contributed by atoms with Crippen molar-refractivity contribution < 1.29 is 27.5 Å². The summed E-state index contributed by atoms with van der Waals surface area (Å²) >= 11 is 6.40. The molecule has 8 nitrogen and oxygen atoms in total. The molecule has 0 atom stereocenters. The fraction of sp³-hybridized carbons (Fsp3) is 0.179. The molecule has 1 saturated heterocycles. The van der Waals surface area contributed by atoms with E-state index in [2.05, 4.69) is 10.3 Å². The summed E-state index contributed by atoms with van der Waals surface area (Å²) in [7, 11) is 0. The Balaban J connectivity index is 1.32. The van der Waals surface area contributed by atoms with Crippen LogP contribution in [0.3, 0.4) is 0 Å². The van der Waals surface area contributed by atoms with Crippen LogP contribution in [0.1, 0.15) is 21.7 Å². The monoisotopic (exact) mass is 552 g/mol. The number of rotatable bonds is 6. The highest BCUT2D eigenvalue weighted by Crippen LogP contribution is 2.35. The minimum atomic E-state index is -1.22. The molecule has 2 amide bonds. The highest BCUT2D eigenvalue weighted by atomic mass is 35.5. The third kappa shape index (κ3) is 5.76. The van der Waals surface area contributed by atoms with Crippen LogP contribution in [0.15, 0.2) is 59.2 Å². The molecule has 2 aromatic carbocycles. The predicted octanol–water partition coefficient (Wildman–Crippen LogP) is 4.81. The molecule has 5 rings (SSSR count). The number of morpholine rings is 1. The molecule has 1 aliphatic rings. The molecule has 1 aliphatic heterocycles. The van der Waals surface area contributed by atoms with Gasteiger partial charge in [0.2, 0.25) is 5.91 Å². The summed E-state index contributed by atoms with van der Waals surface area (Å²) in [4.78, 5) is 30.3. The Bertz CT molecular complexity index is 1580. The lowest BCUT2D eigenvalue weighted by Gasteiger charge is -2.27. The molecule has 11 heteroatoms. The topological polar surface area (TPSA) is 111 Å². The van der Waals surface area contributed by atoms with Gasteiger partial charge in [0.25, 0.3) is 5.91 Å². The smallest absolute Gasteiger partial charge is 0.257 e. The fourth-order valence-electron chi connectivity index (χ4n) is 4.20. The van der Waals surface area contributed by atoms with Crippen molar-refractivity contribution in [3.63, 3.8) is 0 Å². The van der Waals surface area contributed by atoms with Crippen molar-refractivity contribution >= 4 is 46.3 Å². The number of benzene rings is 2. The van der Waals surface area contributed by atoms with Gasteiger partial charge >= 0.3 is 0 Å². The van der Waals surface area contributed by atoms with Crippen LogP contribution in [0.5, 0.6) is 0 Å². The molecular weight excluding hydrogens is 530 g/mol. The molecule has 0 saturated carbocycles. The number of carbonyl (C=O) groups excluding carboxylic acids is 2. The minimum absolute atomic E-state index is 0.0480. The molecule has 2 aromatic heterocycles. The van der Waals surface area contributed by atoms with Gasteiger partial charge in [-0.05, 0) is 53.6 Å². The Kier molecular flexibility index (Phi) is 7.58. The lowest BCUT2D eigenvalue weighted by Crippen LogP contribution is -2.41. The molecule has 39 heavy (non-hydrogen) atoms. The Morgan fingerprint density at radius 2 is 1.90 bits per heavy atom. The molecule has 0 unspecified atom stereocenters. The standard InChI is InChI=1S/C28H23ClF2N4O4/c29-22-13-17(20-3-4-21(26(31)25(20)30)28(37)35-7-9-38-10-8-35)11-18-12-19(39-27(18)22)15-34-24(36)6-2-16-1-5-23(32)33-14-16/h1-6,11-14H,7-10,15H2,(H2,32,33)(H,34,36)/b6-2+. The zero-order chi connectivity index (χ0) is 27.5. The number of halogens is 3. The van der Waals surface area contributed by atoms with E-state index in [9.17, 15) is 14.0 Å². The van der Waals surface area contributed by atoms with Gasteiger partial charge < -0.3 is 25.1 Å². The lowest BCUT2D eigenvalue weighted by molar-refractivity contribution is -0.116. The first-order chi connectivity index (χ1) is 18.8. The van der Waals surface area contributed by atoms with Gasteiger partial charge in [0.05, 0.1) is 30.3 Å². The predicted molar refractivity (Wildman–Crippen MR) is 143 cm³/mol. The van der Waals surface area contributed by atoms with E-state index in [-0.39, 0.29) is 28.6 Å². The third-order valence-electron chi connectivity index (χ3n) is 6.22.